The standard InChI is InChI=1S/C22H24FN3O5.ClH/c1-29-19-3-2-14-8-20(19)30-12-21(27)25-10-13-6-15(23)9-16(7-13)31-18-4-5-24-11-17(18)26-22(14)28;/h2-3,6-9,17-18,24H,4-5,10-12H2,1H3,(H,25,27)(H,26,28);1H/t17-,18+;/m0./s1. The first-order chi connectivity index (χ1) is 15.0. The maximum atomic E-state index is 14.1. The van der Waals surface area contributed by atoms with Crippen molar-refractivity contribution in [2.75, 3.05) is 26.8 Å². The molecular formula is C22H25ClFN3O5. The Morgan fingerprint density at radius 3 is 2.81 bits per heavy atom. The van der Waals surface area contributed by atoms with Crippen molar-refractivity contribution in [1.29, 1.82) is 0 Å². The average Bonchev–Trinajstić information content (AvgIpc) is 2.76. The molecular weight excluding hydrogens is 441 g/mol. The lowest BCUT2D eigenvalue weighted by Gasteiger charge is -2.33. The molecule has 4 bridgehead atoms. The zero-order valence-electron chi connectivity index (χ0n) is 17.5. The summed E-state index contributed by atoms with van der Waals surface area (Å²) in [6.45, 7) is 1.08. The van der Waals surface area contributed by atoms with Crippen molar-refractivity contribution in [3.63, 3.8) is 0 Å². The normalized spacial score (nSPS) is 20.9. The lowest BCUT2D eigenvalue weighted by atomic mass is 10.0. The highest BCUT2D eigenvalue weighted by molar-refractivity contribution is 5.95. The van der Waals surface area contributed by atoms with Gasteiger partial charge in [-0.3, -0.25) is 9.59 Å². The number of halogens is 2. The lowest BCUT2D eigenvalue weighted by molar-refractivity contribution is -0.123. The molecule has 1 fully saturated rings. The number of benzene rings is 2. The number of rotatable bonds is 1. The molecule has 8 nitrogen and oxygen atoms in total. The Kier molecular flexibility index (Phi) is 7.76. The second kappa shape index (κ2) is 10.5. The molecule has 0 aromatic heterocycles. The van der Waals surface area contributed by atoms with Gasteiger partial charge in [0, 0.05) is 24.7 Å². The van der Waals surface area contributed by atoms with E-state index < -0.39 is 11.7 Å². The number of carbonyl (C=O) groups is 2. The SMILES string of the molecule is COc1ccc2cc1OCC(=O)NCc1cc(F)cc(c1)O[C@@H]1CCNC[C@@H]1NC2=O.Cl. The van der Waals surface area contributed by atoms with Crippen LogP contribution in [0, 0.1) is 5.82 Å². The van der Waals surface area contributed by atoms with Gasteiger partial charge in [-0.2, -0.15) is 0 Å². The molecule has 2 atom stereocenters. The molecule has 2 amide bonds. The van der Waals surface area contributed by atoms with Crippen LogP contribution in [-0.2, 0) is 11.3 Å². The predicted molar refractivity (Wildman–Crippen MR) is 117 cm³/mol. The molecule has 32 heavy (non-hydrogen) atoms. The van der Waals surface area contributed by atoms with Gasteiger partial charge in [-0.25, -0.2) is 4.39 Å². The molecule has 0 unspecified atom stereocenters. The maximum absolute atomic E-state index is 14.1. The van der Waals surface area contributed by atoms with Crippen molar-refractivity contribution in [3.05, 3.63) is 53.3 Å². The Labute approximate surface area is 191 Å². The summed E-state index contributed by atoms with van der Waals surface area (Å²) in [5.41, 5.74) is 0.921. The number of nitrogens with one attached hydrogen (secondary N) is 3. The van der Waals surface area contributed by atoms with Crippen LogP contribution in [0.4, 0.5) is 4.39 Å². The van der Waals surface area contributed by atoms with E-state index in [0.29, 0.717) is 35.6 Å². The van der Waals surface area contributed by atoms with E-state index in [9.17, 15) is 14.0 Å². The lowest BCUT2D eigenvalue weighted by Crippen LogP contribution is -2.55. The largest absolute Gasteiger partial charge is 0.493 e. The van der Waals surface area contributed by atoms with Crippen molar-refractivity contribution in [2.24, 2.45) is 0 Å². The Morgan fingerprint density at radius 2 is 2.00 bits per heavy atom. The van der Waals surface area contributed by atoms with E-state index in [2.05, 4.69) is 16.0 Å². The van der Waals surface area contributed by atoms with Crippen LogP contribution in [0.5, 0.6) is 17.2 Å². The summed E-state index contributed by atoms with van der Waals surface area (Å²) in [5.74, 6) is -0.139. The Bertz CT molecular complexity index is 990. The average molecular weight is 466 g/mol. The van der Waals surface area contributed by atoms with Crippen LogP contribution in [-0.4, -0.2) is 50.8 Å². The topological polar surface area (TPSA) is 97.9 Å². The summed E-state index contributed by atoms with van der Waals surface area (Å²) in [7, 11) is 1.48. The van der Waals surface area contributed by atoms with E-state index in [1.807, 2.05) is 0 Å². The number of fused-ring (bicyclic) bond motifs is 5. The van der Waals surface area contributed by atoms with Crippen molar-refractivity contribution < 1.29 is 28.2 Å². The fraction of sp³-hybridized carbons (Fsp3) is 0.364. The van der Waals surface area contributed by atoms with E-state index in [-0.39, 0.29) is 49.4 Å². The Balaban J connectivity index is 0.00000289. The number of carbonyl (C=O) groups excluding carboxylic acids is 2. The summed E-state index contributed by atoms with van der Waals surface area (Å²) in [6, 6.07) is 8.78. The quantitative estimate of drug-likeness (QED) is 0.594. The number of amides is 2. The zero-order chi connectivity index (χ0) is 21.8. The Morgan fingerprint density at radius 1 is 1.16 bits per heavy atom. The minimum absolute atomic E-state index is 0. The molecule has 3 N–H and O–H groups in total. The third-order valence-electron chi connectivity index (χ3n) is 5.23. The van der Waals surface area contributed by atoms with E-state index in [1.54, 1.807) is 18.2 Å². The van der Waals surface area contributed by atoms with Crippen LogP contribution in [0.15, 0.2) is 36.4 Å². The number of hydrogen-bond donors (Lipinski definition) is 3. The molecule has 2 heterocycles. The highest BCUT2D eigenvalue weighted by Crippen LogP contribution is 2.28. The second-order valence-electron chi connectivity index (χ2n) is 7.46. The van der Waals surface area contributed by atoms with Crippen molar-refractivity contribution in [3.8, 4) is 17.2 Å². The predicted octanol–water partition coefficient (Wildman–Crippen LogP) is 1.80. The molecule has 0 aliphatic carbocycles. The molecule has 4 rings (SSSR count). The fourth-order valence-corrected chi connectivity index (χ4v) is 3.66. The molecule has 10 heteroatoms. The van der Waals surface area contributed by atoms with Gasteiger partial charge >= 0.3 is 0 Å². The maximum Gasteiger partial charge on any atom is 0.258 e. The van der Waals surface area contributed by atoms with Gasteiger partial charge in [-0.1, -0.05) is 0 Å². The molecule has 1 saturated heterocycles. The summed E-state index contributed by atoms with van der Waals surface area (Å²) < 4.78 is 31.0. The number of methoxy groups -OCH3 is 1. The van der Waals surface area contributed by atoms with Gasteiger partial charge in [-0.15, -0.1) is 12.4 Å². The first kappa shape index (κ1) is 23.6. The summed E-state index contributed by atoms with van der Waals surface area (Å²) in [5, 5.41) is 8.92. The third kappa shape index (κ3) is 5.60. The van der Waals surface area contributed by atoms with Crippen molar-refractivity contribution >= 4 is 24.2 Å². The van der Waals surface area contributed by atoms with E-state index in [4.69, 9.17) is 14.2 Å². The van der Waals surface area contributed by atoms with Crippen LogP contribution >= 0.6 is 12.4 Å². The monoisotopic (exact) mass is 465 g/mol. The fourth-order valence-electron chi connectivity index (χ4n) is 3.66. The first-order valence-electron chi connectivity index (χ1n) is 10.1. The zero-order valence-corrected chi connectivity index (χ0v) is 18.3. The highest BCUT2D eigenvalue weighted by atomic mass is 35.5. The van der Waals surface area contributed by atoms with Gasteiger partial charge in [0.15, 0.2) is 18.1 Å². The minimum Gasteiger partial charge on any atom is -0.493 e. The van der Waals surface area contributed by atoms with Crippen LogP contribution in [0.25, 0.3) is 0 Å². The highest BCUT2D eigenvalue weighted by Gasteiger charge is 2.29. The smallest absolute Gasteiger partial charge is 0.258 e. The minimum atomic E-state index is -0.464. The van der Waals surface area contributed by atoms with Gasteiger partial charge in [0.1, 0.15) is 17.7 Å². The van der Waals surface area contributed by atoms with Crippen molar-refractivity contribution in [2.45, 2.75) is 25.1 Å². The van der Waals surface area contributed by atoms with Crippen LogP contribution in [0.1, 0.15) is 22.3 Å². The summed E-state index contributed by atoms with van der Waals surface area (Å²) in [4.78, 5) is 25.1. The van der Waals surface area contributed by atoms with E-state index in [1.165, 1.54) is 25.3 Å². The molecule has 2 aromatic carbocycles. The van der Waals surface area contributed by atoms with E-state index in [0.717, 1.165) is 6.54 Å². The first-order valence-corrected chi connectivity index (χ1v) is 10.1. The molecule has 172 valence electrons. The second-order valence-corrected chi connectivity index (χ2v) is 7.46. The molecule has 0 radical (unpaired) electrons. The number of piperidine rings is 1. The molecule has 0 saturated carbocycles. The van der Waals surface area contributed by atoms with Gasteiger partial charge in [-0.05, 0) is 48.9 Å². The van der Waals surface area contributed by atoms with Gasteiger partial charge in [0.05, 0.1) is 13.2 Å². The van der Waals surface area contributed by atoms with Gasteiger partial charge in [0.25, 0.3) is 11.8 Å². The van der Waals surface area contributed by atoms with Crippen LogP contribution in [0.3, 0.4) is 0 Å². The van der Waals surface area contributed by atoms with Crippen LogP contribution < -0.4 is 30.2 Å². The van der Waals surface area contributed by atoms with Gasteiger partial charge in [0.2, 0.25) is 0 Å². The van der Waals surface area contributed by atoms with Crippen molar-refractivity contribution in [1.82, 2.24) is 16.0 Å². The molecule has 2 aromatic rings. The van der Waals surface area contributed by atoms with E-state index >= 15 is 0 Å². The number of hydrogen-bond acceptors (Lipinski definition) is 6. The Hall–Kier alpha value is -3.04. The summed E-state index contributed by atoms with van der Waals surface area (Å²) in [6.07, 6.45) is 0.307. The molecule has 2 aliphatic heterocycles. The van der Waals surface area contributed by atoms with Crippen LogP contribution in [0.2, 0.25) is 0 Å². The molecule has 2 aliphatic rings. The third-order valence-corrected chi connectivity index (χ3v) is 5.23. The molecule has 0 spiro atoms. The van der Waals surface area contributed by atoms with Gasteiger partial charge < -0.3 is 30.2 Å². The number of ether oxygens (including phenoxy) is 3. The summed E-state index contributed by atoms with van der Waals surface area (Å²) >= 11 is 0.